The summed E-state index contributed by atoms with van der Waals surface area (Å²) < 4.78 is 5.19. The van der Waals surface area contributed by atoms with Crippen LogP contribution in [0.4, 0.5) is 0 Å². The fourth-order valence-corrected chi connectivity index (χ4v) is 2.06. The molecule has 0 radical (unpaired) electrons. The van der Waals surface area contributed by atoms with Gasteiger partial charge in [-0.25, -0.2) is 0 Å². The van der Waals surface area contributed by atoms with Crippen molar-refractivity contribution in [1.29, 1.82) is 0 Å². The van der Waals surface area contributed by atoms with Crippen LogP contribution in [0.3, 0.4) is 0 Å². The van der Waals surface area contributed by atoms with Gasteiger partial charge in [-0.05, 0) is 45.3 Å². The Hall–Kier alpha value is -2.34. The Morgan fingerprint density at radius 2 is 2.18 bits per heavy atom. The van der Waals surface area contributed by atoms with Crippen LogP contribution in [0.25, 0.3) is 11.3 Å². The van der Waals surface area contributed by atoms with E-state index in [1.165, 1.54) is 0 Å². The molecular formula is C16H22N4O2. The number of rotatable bonds is 7. The van der Waals surface area contributed by atoms with E-state index in [0.29, 0.717) is 12.2 Å². The molecule has 118 valence electrons. The fourth-order valence-electron chi connectivity index (χ4n) is 2.06. The molecule has 0 bridgehead atoms. The molecular weight excluding hydrogens is 280 g/mol. The Morgan fingerprint density at radius 1 is 1.36 bits per heavy atom. The quantitative estimate of drug-likeness (QED) is 0.765. The minimum atomic E-state index is -0.139. The number of carbonyl (C=O) groups is 1. The zero-order chi connectivity index (χ0) is 15.9. The molecule has 0 atom stereocenters. The number of hydrogen-bond acceptors (Lipinski definition) is 4. The predicted molar refractivity (Wildman–Crippen MR) is 86.1 cm³/mol. The van der Waals surface area contributed by atoms with Gasteiger partial charge in [0.25, 0.3) is 5.91 Å². The normalized spacial score (nSPS) is 10.7. The zero-order valence-electron chi connectivity index (χ0n) is 13.2. The Kier molecular flexibility index (Phi) is 5.55. The van der Waals surface area contributed by atoms with E-state index in [4.69, 9.17) is 4.74 Å². The number of nitrogens with one attached hydrogen (secondary N) is 2. The second-order valence-electron chi connectivity index (χ2n) is 5.31. The predicted octanol–water partition coefficient (Wildman–Crippen LogP) is 1.77. The molecule has 6 nitrogen and oxygen atoms in total. The van der Waals surface area contributed by atoms with Crippen LogP contribution >= 0.6 is 0 Å². The third-order valence-electron chi connectivity index (χ3n) is 3.26. The van der Waals surface area contributed by atoms with Gasteiger partial charge in [-0.15, -0.1) is 0 Å². The van der Waals surface area contributed by atoms with Crippen molar-refractivity contribution in [2.45, 2.75) is 6.42 Å². The number of nitrogens with zero attached hydrogens (tertiary/aromatic N) is 2. The summed E-state index contributed by atoms with van der Waals surface area (Å²) in [5, 5.41) is 9.85. The Labute approximate surface area is 130 Å². The number of H-pyrrole nitrogens is 1. The number of amides is 1. The van der Waals surface area contributed by atoms with Crippen LogP contribution in [0.1, 0.15) is 16.9 Å². The van der Waals surface area contributed by atoms with Crippen molar-refractivity contribution in [3.05, 3.63) is 36.0 Å². The van der Waals surface area contributed by atoms with Crippen LogP contribution < -0.4 is 10.1 Å². The van der Waals surface area contributed by atoms with Crippen molar-refractivity contribution in [1.82, 2.24) is 20.4 Å². The maximum atomic E-state index is 12.0. The molecule has 1 aromatic heterocycles. The van der Waals surface area contributed by atoms with Gasteiger partial charge in [0.2, 0.25) is 0 Å². The average Bonchev–Trinajstić information content (AvgIpc) is 3.01. The van der Waals surface area contributed by atoms with E-state index in [9.17, 15) is 4.79 Å². The van der Waals surface area contributed by atoms with Crippen LogP contribution in [0.2, 0.25) is 0 Å². The Morgan fingerprint density at radius 3 is 2.91 bits per heavy atom. The molecule has 1 aromatic carbocycles. The van der Waals surface area contributed by atoms with Gasteiger partial charge in [0.05, 0.1) is 12.8 Å². The number of aromatic nitrogens is 2. The molecule has 2 aromatic rings. The first-order valence-electron chi connectivity index (χ1n) is 7.23. The molecule has 0 fully saturated rings. The van der Waals surface area contributed by atoms with E-state index >= 15 is 0 Å². The van der Waals surface area contributed by atoms with Crippen molar-refractivity contribution in [3.63, 3.8) is 0 Å². The molecule has 0 aliphatic rings. The third-order valence-corrected chi connectivity index (χ3v) is 3.26. The second kappa shape index (κ2) is 7.61. The smallest absolute Gasteiger partial charge is 0.269 e. The Bertz CT molecular complexity index is 622. The van der Waals surface area contributed by atoms with E-state index in [1.54, 1.807) is 13.2 Å². The summed E-state index contributed by atoms with van der Waals surface area (Å²) in [5.41, 5.74) is 2.09. The van der Waals surface area contributed by atoms with E-state index in [0.717, 1.165) is 30.0 Å². The van der Waals surface area contributed by atoms with Crippen LogP contribution in [0.15, 0.2) is 30.3 Å². The standard InChI is InChI=1S/C16H22N4O2/c1-20(2)9-5-8-17-16(21)15-11-14(18-19-15)12-6-4-7-13(10-12)22-3/h4,6-7,10-11H,5,8-9H2,1-3H3,(H,17,21)(H,18,19). The summed E-state index contributed by atoms with van der Waals surface area (Å²) in [6.45, 7) is 1.59. The van der Waals surface area contributed by atoms with Gasteiger partial charge in [-0.3, -0.25) is 9.89 Å². The summed E-state index contributed by atoms with van der Waals surface area (Å²) in [4.78, 5) is 14.1. The maximum absolute atomic E-state index is 12.0. The summed E-state index contributed by atoms with van der Waals surface area (Å²) >= 11 is 0. The lowest BCUT2D eigenvalue weighted by Crippen LogP contribution is -2.27. The van der Waals surface area contributed by atoms with Crippen molar-refractivity contribution in [2.75, 3.05) is 34.3 Å². The van der Waals surface area contributed by atoms with Crippen molar-refractivity contribution in [3.8, 4) is 17.0 Å². The van der Waals surface area contributed by atoms with Crippen molar-refractivity contribution < 1.29 is 9.53 Å². The molecule has 0 saturated carbocycles. The monoisotopic (exact) mass is 302 g/mol. The van der Waals surface area contributed by atoms with Crippen molar-refractivity contribution in [2.24, 2.45) is 0 Å². The number of ether oxygens (including phenoxy) is 1. The van der Waals surface area contributed by atoms with Gasteiger partial charge in [-0.1, -0.05) is 12.1 Å². The van der Waals surface area contributed by atoms with Gasteiger partial charge >= 0.3 is 0 Å². The molecule has 0 unspecified atom stereocenters. The topological polar surface area (TPSA) is 70.2 Å². The molecule has 0 saturated heterocycles. The highest BCUT2D eigenvalue weighted by atomic mass is 16.5. The first-order chi connectivity index (χ1) is 10.6. The van der Waals surface area contributed by atoms with E-state index in [2.05, 4.69) is 20.4 Å². The van der Waals surface area contributed by atoms with Crippen LogP contribution in [0.5, 0.6) is 5.75 Å². The molecule has 2 rings (SSSR count). The summed E-state index contributed by atoms with van der Waals surface area (Å²) in [6.07, 6.45) is 0.912. The third kappa shape index (κ3) is 4.33. The fraction of sp³-hybridized carbons (Fsp3) is 0.375. The zero-order valence-corrected chi connectivity index (χ0v) is 13.2. The molecule has 0 aliphatic heterocycles. The maximum Gasteiger partial charge on any atom is 0.269 e. The highest BCUT2D eigenvalue weighted by Crippen LogP contribution is 2.22. The van der Waals surface area contributed by atoms with Gasteiger partial charge in [-0.2, -0.15) is 5.10 Å². The van der Waals surface area contributed by atoms with Crippen molar-refractivity contribution >= 4 is 5.91 Å². The van der Waals surface area contributed by atoms with Gasteiger partial charge in [0.1, 0.15) is 11.4 Å². The SMILES string of the molecule is COc1cccc(-c2cc(C(=O)NCCCN(C)C)[nH]n2)c1. The van der Waals surface area contributed by atoms with E-state index < -0.39 is 0 Å². The number of hydrogen-bond donors (Lipinski definition) is 2. The van der Waals surface area contributed by atoms with Crippen LogP contribution in [0, 0.1) is 0 Å². The molecule has 0 spiro atoms. The largest absolute Gasteiger partial charge is 0.497 e. The summed E-state index contributed by atoms with van der Waals surface area (Å²) in [5.74, 6) is 0.621. The molecule has 1 heterocycles. The first kappa shape index (κ1) is 16.0. The second-order valence-corrected chi connectivity index (χ2v) is 5.31. The molecule has 22 heavy (non-hydrogen) atoms. The highest BCUT2D eigenvalue weighted by molar-refractivity contribution is 5.93. The number of benzene rings is 1. The van der Waals surface area contributed by atoms with Gasteiger partial charge in [0.15, 0.2) is 0 Å². The molecule has 1 amide bonds. The number of carbonyl (C=O) groups excluding carboxylic acids is 1. The first-order valence-corrected chi connectivity index (χ1v) is 7.23. The summed E-state index contributed by atoms with van der Waals surface area (Å²) in [6, 6.07) is 9.32. The number of methoxy groups -OCH3 is 1. The minimum absolute atomic E-state index is 0.139. The van der Waals surface area contributed by atoms with Gasteiger partial charge < -0.3 is 15.0 Å². The van der Waals surface area contributed by atoms with Crippen LogP contribution in [-0.2, 0) is 0 Å². The van der Waals surface area contributed by atoms with Crippen LogP contribution in [-0.4, -0.2) is 55.3 Å². The molecule has 0 aliphatic carbocycles. The minimum Gasteiger partial charge on any atom is -0.497 e. The molecule has 6 heteroatoms. The number of aromatic amines is 1. The lowest BCUT2D eigenvalue weighted by atomic mass is 10.1. The van der Waals surface area contributed by atoms with E-state index in [-0.39, 0.29) is 5.91 Å². The van der Waals surface area contributed by atoms with E-state index in [1.807, 2.05) is 38.4 Å². The average molecular weight is 302 g/mol. The molecule has 2 N–H and O–H groups in total. The lowest BCUT2D eigenvalue weighted by molar-refractivity contribution is 0.0947. The van der Waals surface area contributed by atoms with Gasteiger partial charge in [0, 0.05) is 12.1 Å². The summed E-state index contributed by atoms with van der Waals surface area (Å²) in [7, 11) is 5.64. The lowest BCUT2D eigenvalue weighted by Gasteiger charge is -2.09. The highest BCUT2D eigenvalue weighted by Gasteiger charge is 2.11. The Balaban J connectivity index is 1.97.